The van der Waals surface area contributed by atoms with Crippen LogP contribution in [0.1, 0.15) is 18.4 Å². The standard InChI is InChI=1S/C16H22N2O3/c1-20-16(14-7-9-17-14)8-10-18(12-16)15(19)21-11-13-5-3-2-4-6-13/h2-6,14,17H,7-12H2,1H3. The molecule has 2 aliphatic rings. The lowest BCUT2D eigenvalue weighted by Gasteiger charge is -2.42. The second-order valence-corrected chi connectivity index (χ2v) is 5.78. The number of benzene rings is 1. The number of carbonyl (C=O) groups is 1. The van der Waals surface area contributed by atoms with Crippen molar-refractivity contribution in [2.24, 2.45) is 0 Å². The monoisotopic (exact) mass is 290 g/mol. The summed E-state index contributed by atoms with van der Waals surface area (Å²) in [6.45, 7) is 2.65. The van der Waals surface area contributed by atoms with Crippen LogP contribution in [0, 0.1) is 0 Å². The van der Waals surface area contributed by atoms with Crippen LogP contribution in [0.15, 0.2) is 30.3 Å². The van der Waals surface area contributed by atoms with Crippen LogP contribution in [-0.4, -0.2) is 49.4 Å². The van der Waals surface area contributed by atoms with E-state index in [0.29, 0.717) is 25.7 Å². The summed E-state index contributed by atoms with van der Waals surface area (Å²) in [6.07, 6.45) is 1.72. The molecule has 0 radical (unpaired) electrons. The Balaban J connectivity index is 1.54. The number of amides is 1. The fraction of sp³-hybridized carbons (Fsp3) is 0.562. The Morgan fingerprint density at radius 3 is 2.81 bits per heavy atom. The van der Waals surface area contributed by atoms with E-state index in [9.17, 15) is 4.79 Å². The Morgan fingerprint density at radius 1 is 1.43 bits per heavy atom. The average Bonchev–Trinajstić information content (AvgIpc) is 2.89. The van der Waals surface area contributed by atoms with Gasteiger partial charge in [0.1, 0.15) is 12.2 Å². The highest BCUT2D eigenvalue weighted by atomic mass is 16.6. The van der Waals surface area contributed by atoms with E-state index >= 15 is 0 Å². The molecule has 1 aromatic carbocycles. The van der Waals surface area contributed by atoms with Crippen LogP contribution in [-0.2, 0) is 16.1 Å². The highest BCUT2D eigenvalue weighted by molar-refractivity contribution is 5.68. The van der Waals surface area contributed by atoms with Crippen LogP contribution in [0.5, 0.6) is 0 Å². The molecule has 5 heteroatoms. The van der Waals surface area contributed by atoms with Crippen LogP contribution < -0.4 is 5.32 Å². The first-order chi connectivity index (χ1) is 10.2. The van der Waals surface area contributed by atoms with Gasteiger partial charge in [-0.15, -0.1) is 0 Å². The van der Waals surface area contributed by atoms with Gasteiger partial charge in [-0.25, -0.2) is 4.79 Å². The van der Waals surface area contributed by atoms with Crippen molar-refractivity contribution in [1.29, 1.82) is 0 Å². The predicted molar refractivity (Wildman–Crippen MR) is 79.0 cm³/mol. The summed E-state index contributed by atoms with van der Waals surface area (Å²) >= 11 is 0. The van der Waals surface area contributed by atoms with Crippen molar-refractivity contribution in [2.45, 2.75) is 31.1 Å². The number of nitrogens with one attached hydrogen (secondary N) is 1. The summed E-state index contributed by atoms with van der Waals surface area (Å²) in [5.41, 5.74) is 0.757. The number of nitrogens with zero attached hydrogens (tertiary/aromatic N) is 1. The minimum atomic E-state index is -0.253. The Labute approximate surface area is 125 Å². The third-order valence-electron chi connectivity index (χ3n) is 4.59. The summed E-state index contributed by atoms with van der Waals surface area (Å²) < 4.78 is 11.1. The van der Waals surface area contributed by atoms with Crippen molar-refractivity contribution in [3.63, 3.8) is 0 Å². The first-order valence-electron chi connectivity index (χ1n) is 7.48. The van der Waals surface area contributed by atoms with Crippen LogP contribution in [0.25, 0.3) is 0 Å². The molecule has 2 atom stereocenters. The molecule has 0 spiro atoms. The molecule has 0 aromatic heterocycles. The van der Waals surface area contributed by atoms with Gasteiger partial charge in [0.25, 0.3) is 0 Å². The van der Waals surface area contributed by atoms with E-state index in [1.165, 1.54) is 0 Å². The van der Waals surface area contributed by atoms with Crippen LogP contribution in [0.3, 0.4) is 0 Å². The molecular formula is C16H22N2O3. The molecule has 2 unspecified atom stereocenters. The van der Waals surface area contributed by atoms with E-state index in [1.807, 2.05) is 30.3 Å². The molecule has 2 fully saturated rings. The summed E-state index contributed by atoms with van der Waals surface area (Å²) in [7, 11) is 1.73. The fourth-order valence-electron chi connectivity index (χ4n) is 3.10. The number of likely N-dealkylation sites (tertiary alicyclic amines) is 1. The Bertz CT molecular complexity index is 490. The number of hydrogen-bond donors (Lipinski definition) is 1. The van der Waals surface area contributed by atoms with Gasteiger partial charge in [0, 0.05) is 19.7 Å². The second kappa shape index (κ2) is 6.03. The molecule has 1 amide bonds. The number of methoxy groups -OCH3 is 1. The van der Waals surface area contributed by atoms with Crippen molar-refractivity contribution in [1.82, 2.24) is 10.2 Å². The SMILES string of the molecule is COC1(C2CCN2)CCN(C(=O)OCc2ccccc2)C1. The fourth-order valence-corrected chi connectivity index (χ4v) is 3.10. The molecule has 0 bridgehead atoms. The molecule has 5 nitrogen and oxygen atoms in total. The molecule has 114 valence electrons. The average molecular weight is 290 g/mol. The maximum absolute atomic E-state index is 12.2. The summed E-state index contributed by atoms with van der Waals surface area (Å²) in [4.78, 5) is 13.9. The minimum absolute atomic E-state index is 0.246. The molecule has 3 rings (SSSR count). The minimum Gasteiger partial charge on any atom is -0.445 e. The molecular weight excluding hydrogens is 268 g/mol. The van der Waals surface area contributed by atoms with Gasteiger partial charge in [-0.3, -0.25) is 0 Å². The van der Waals surface area contributed by atoms with Gasteiger partial charge in [0.15, 0.2) is 0 Å². The van der Waals surface area contributed by atoms with Crippen molar-refractivity contribution in [2.75, 3.05) is 26.7 Å². The lowest BCUT2D eigenvalue weighted by atomic mass is 9.86. The quantitative estimate of drug-likeness (QED) is 0.918. The zero-order valence-corrected chi connectivity index (χ0v) is 12.4. The van der Waals surface area contributed by atoms with Crippen LogP contribution in [0.2, 0.25) is 0 Å². The Kier molecular flexibility index (Phi) is 4.12. The normalized spacial score (nSPS) is 28.2. The zero-order chi connectivity index (χ0) is 14.7. The van der Waals surface area contributed by atoms with E-state index in [0.717, 1.165) is 24.9 Å². The summed E-state index contributed by atoms with van der Waals surface area (Å²) in [5, 5.41) is 3.39. The smallest absolute Gasteiger partial charge is 0.410 e. The van der Waals surface area contributed by atoms with E-state index in [-0.39, 0.29) is 11.7 Å². The van der Waals surface area contributed by atoms with Crippen molar-refractivity contribution >= 4 is 6.09 Å². The lowest BCUT2D eigenvalue weighted by Crippen LogP contribution is -2.61. The topological polar surface area (TPSA) is 50.8 Å². The molecule has 1 N–H and O–H groups in total. The summed E-state index contributed by atoms with van der Waals surface area (Å²) in [6, 6.07) is 10.1. The third kappa shape index (κ3) is 2.89. The van der Waals surface area contributed by atoms with Gasteiger partial charge >= 0.3 is 6.09 Å². The van der Waals surface area contributed by atoms with E-state index < -0.39 is 0 Å². The van der Waals surface area contributed by atoms with Gasteiger partial charge in [-0.1, -0.05) is 30.3 Å². The second-order valence-electron chi connectivity index (χ2n) is 5.78. The maximum atomic E-state index is 12.2. The predicted octanol–water partition coefficient (Wildman–Crippen LogP) is 1.78. The lowest BCUT2D eigenvalue weighted by molar-refractivity contribution is -0.0496. The maximum Gasteiger partial charge on any atom is 0.410 e. The third-order valence-corrected chi connectivity index (χ3v) is 4.59. The molecule has 1 aromatic rings. The summed E-state index contributed by atoms with van der Waals surface area (Å²) in [5.74, 6) is 0. The highest BCUT2D eigenvalue weighted by Crippen LogP contribution is 2.32. The number of hydrogen-bond acceptors (Lipinski definition) is 4. The van der Waals surface area contributed by atoms with Gasteiger partial charge in [-0.05, 0) is 24.9 Å². The van der Waals surface area contributed by atoms with E-state index in [2.05, 4.69) is 5.32 Å². The molecule has 2 aliphatic heterocycles. The van der Waals surface area contributed by atoms with Gasteiger partial charge < -0.3 is 19.7 Å². The molecule has 0 aliphatic carbocycles. The first-order valence-corrected chi connectivity index (χ1v) is 7.48. The van der Waals surface area contributed by atoms with Crippen molar-refractivity contribution in [3.8, 4) is 0 Å². The van der Waals surface area contributed by atoms with Crippen molar-refractivity contribution < 1.29 is 14.3 Å². The molecule has 2 saturated heterocycles. The molecule has 0 saturated carbocycles. The largest absolute Gasteiger partial charge is 0.445 e. The highest BCUT2D eigenvalue weighted by Gasteiger charge is 2.48. The molecule has 21 heavy (non-hydrogen) atoms. The van der Waals surface area contributed by atoms with Crippen LogP contribution >= 0.6 is 0 Å². The van der Waals surface area contributed by atoms with Gasteiger partial charge in [0.05, 0.1) is 6.54 Å². The van der Waals surface area contributed by atoms with Gasteiger partial charge in [0.2, 0.25) is 0 Å². The Hall–Kier alpha value is -1.59. The van der Waals surface area contributed by atoms with Gasteiger partial charge in [-0.2, -0.15) is 0 Å². The molecule has 2 heterocycles. The number of rotatable bonds is 4. The van der Waals surface area contributed by atoms with E-state index in [4.69, 9.17) is 9.47 Å². The number of carbonyl (C=O) groups excluding carboxylic acids is 1. The van der Waals surface area contributed by atoms with E-state index in [1.54, 1.807) is 12.0 Å². The van der Waals surface area contributed by atoms with Crippen molar-refractivity contribution in [3.05, 3.63) is 35.9 Å². The number of ether oxygens (including phenoxy) is 2. The first kappa shape index (κ1) is 14.4. The van der Waals surface area contributed by atoms with Crippen LogP contribution in [0.4, 0.5) is 4.79 Å². The Morgan fingerprint density at radius 2 is 2.19 bits per heavy atom. The zero-order valence-electron chi connectivity index (χ0n) is 12.4.